The molecule has 0 bridgehead atoms. The van der Waals surface area contributed by atoms with E-state index < -0.39 is 5.54 Å². The minimum absolute atomic E-state index is 0.304. The minimum Gasteiger partial charge on any atom is -0.497 e. The maximum atomic E-state index is 11.6. The highest BCUT2D eigenvalue weighted by Crippen LogP contribution is 2.23. The predicted octanol–water partition coefficient (Wildman–Crippen LogP) is 1.16. The Bertz CT molecular complexity index is 451. The van der Waals surface area contributed by atoms with Gasteiger partial charge < -0.3 is 15.2 Å². The molecule has 0 aromatic heterocycles. The zero-order valence-corrected chi connectivity index (χ0v) is 12.1. The van der Waals surface area contributed by atoms with Crippen LogP contribution in [0.5, 0.6) is 5.75 Å². The van der Waals surface area contributed by atoms with E-state index in [9.17, 15) is 4.79 Å². The lowest BCUT2D eigenvalue weighted by atomic mass is 9.88. The summed E-state index contributed by atoms with van der Waals surface area (Å²) in [4.78, 5) is 13.9. The molecule has 2 rings (SSSR count). The number of piperidine rings is 1. The summed E-state index contributed by atoms with van der Waals surface area (Å²) >= 11 is 0. The highest BCUT2D eigenvalue weighted by atomic mass is 16.5. The molecule has 110 valence electrons. The summed E-state index contributed by atoms with van der Waals surface area (Å²) in [6, 6.07) is 8.04. The van der Waals surface area contributed by atoms with Crippen LogP contribution in [-0.2, 0) is 16.1 Å². The number of ether oxygens (including phenoxy) is 2. The molecule has 1 aromatic rings. The monoisotopic (exact) mass is 278 g/mol. The summed E-state index contributed by atoms with van der Waals surface area (Å²) in [6.07, 6.45) is 1.27. The Balaban J connectivity index is 1.89. The smallest absolute Gasteiger partial charge is 0.325 e. The zero-order chi connectivity index (χ0) is 14.6. The molecule has 5 heteroatoms. The van der Waals surface area contributed by atoms with Crippen molar-refractivity contribution in [1.29, 1.82) is 0 Å². The molecular formula is C15H22N2O3. The number of hydrogen-bond acceptors (Lipinski definition) is 5. The third-order valence-corrected chi connectivity index (χ3v) is 3.91. The van der Waals surface area contributed by atoms with Gasteiger partial charge in [0, 0.05) is 19.6 Å². The Hall–Kier alpha value is -1.59. The van der Waals surface area contributed by atoms with Crippen molar-refractivity contribution in [2.75, 3.05) is 27.3 Å². The number of nitrogens with two attached hydrogens (primary N) is 1. The first-order chi connectivity index (χ1) is 9.57. The molecule has 1 saturated heterocycles. The van der Waals surface area contributed by atoms with Gasteiger partial charge in [0.25, 0.3) is 0 Å². The van der Waals surface area contributed by atoms with Crippen LogP contribution in [-0.4, -0.2) is 43.7 Å². The van der Waals surface area contributed by atoms with Crippen molar-refractivity contribution in [3.8, 4) is 5.75 Å². The van der Waals surface area contributed by atoms with Gasteiger partial charge in [-0.15, -0.1) is 0 Å². The van der Waals surface area contributed by atoms with E-state index in [1.54, 1.807) is 7.11 Å². The number of hydrogen-bond donors (Lipinski definition) is 1. The Morgan fingerprint density at radius 1 is 1.25 bits per heavy atom. The van der Waals surface area contributed by atoms with Crippen molar-refractivity contribution in [3.63, 3.8) is 0 Å². The van der Waals surface area contributed by atoms with E-state index in [-0.39, 0.29) is 5.97 Å². The second-order valence-corrected chi connectivity index (χ2v) is 5.27. The molecule has 1 heterocycles. The van der Waals surface area contributed by atoms with Gasteiger partial charge in [-0.2, -0.15) is 0 Å². The van der Waals surface area contributed by atoms with E-state index in [1.807, 2.05) is 12.1 Å². The van der Waals surface area contributed by atoms with Crippen LogP contribution in [0.25, 0.3) is 0 Å². The summed E-state index contributed by atoms with van der Waals surface area (Å²) in [7, 11) is 3.05. The van der Waals surface area contributed by atoms with Crippen molar-refractivity contribution in [3.05, 3.63) is 29.8 Å². The molecule has 0 unspecified atom stereocenters. The number of nitrogens with zero attached hydrogens (tertiary/aromatic N) is 1. The van der Waals surface area contributed by atoms with Crippen LogP contribution in [0.1, 0.15) is 18.4 Å². The normalized spacial score (nSPS) is 18.6. The van der Waals surface area contributed by atoms with Gasteiger partial charge in [0.05, 0.1) is 14.2 Å². The third kappa shape index (κ3) is 3.29. The molecule has 0 spiro atoms. The standard InChI is InChI=1S/C15H22N2O3/c1-19-13-5-3-12(4-6-13)11-17-9-7-15(16,8-10-17)14(18)20-2/h3-6H,7-11,16H2,1-2H3. The molecule has 0 aliphatic carbocycles. The largest absolute Gasteiger partial charge is 0.497 e. The number of carbonyl (C=O) groups is 1. The summed E-state index contributed by atoms with van der Waals surface area (Å²) in [5, 5.41) is 0. The maximum Gasteiger partial charge on any atom is 0.325 e. The molecule has 1 fully saturated rings. The number of benzene rings is 1. The third-order valence-electron chi connectivity index (χ3n) is 3.91. The van der Waals surface area contributed by atoms with Crippen LogP contribution in [0.15, 0.2) is 24.3 Å². The fourth-order valence-electron chi connectivity index (χ4n) is 2.51. The first kappa shape index (κ1) is 14.8. The summed E-state index contributed by atoms with van der Waals surface area (Å²) in [5.74, 6) is 0.556. The quantitative estimate of drug-likeness (QED) is 0.837. The van der Waals surface area contributed by atoms with E-state index in [4.69, 9.17) is 15.2 Å². The molecule has 2 N–H and O–H groups in total. The molecule has 1 aliphatic heterocycles. The van der Waals surface area contributed by atoms with E-state index in [0.717, 1.165) is 25.4 Å². The molecule has 20 heavy (non-hydrogen) atoms. The average Bonchev–Trinajstić information content (AvgIpc) is 2.49. The van der Waals surface area contributed by atoms with Crippen molar-refractivity contribution in [2.24, 2.45) is 5.73 Å². The molecule has 0 radical (unpaired) electrons. The van der Waals surface area contributed by atoms with Crippen molar-refractivity contribution in [2.45, 2.75) is 24.9 Å². The highest BCUT2D eigenvalue weighted by molar-refractivity contribution is 5.80. The summed E-state index contributed by atoms with van der Waals surface area (Å²) in [6.45, 7) is 2.47. The number of methoxy groups -OCH3 is 2. The van der Waals surface area contributed by atoms with Gasteiger partial charge in [0.1, 0.15) is 11.3 Å². The van der Waals surface area contributed by atoms with Crippen LogP contribution in [0.3, 0.4) is 0 Å². The maximum absolute atomic E-state index is 11.6. The van der Waals surface area contributed by atoms with Gasteiger partial charge in [0.2, 0.25) is 0 Å². The number of likely N-dealkylation sites (tertiary alicyclic amines) is 1. The first-order valence-electron chi connectivity index (χ1n) is 6.80. The van der Waals surface area contributed by atoms with Crippen LogP contribution in [0, 0.1) is 0 Å². The summed E-state index contributed by atoms with van der Waals surface area (Å²) < 4.78 is 9.92. The van der Waals surface area contributed by atoms with Crippen molar-refractivity contribution >= 4 is 5.97 Å². The van der Waals surface area contributed by atoms with Crippen molar-refractivity contribution < 1.29 is 14.3 Å². The summed E-state index contributed by atoms with van der Waals surface area (Å²) in [5.41, 5.74) is 6.50. The van der Waals surface area contributed by atoms with Crippen LogP contribution in [0.2, 0.25) is 0 Å². The van der Waals surface area contributed by atoms with E-state index >= 15 is 0 Å². The van der Waals surface area contributed by atoms with Gasteiger partial charge in [-0.05, 0) is 30.5 Å². The Morgan fingerprint density at radius 2 is 1.85 bits per heavy atom. The lowest BCUT2D eigenvalue weighted by Crippen LogP contribution is -2.55. The Kier molecular flexibility index (Phi) is 4.62. The first-order valence-corrected chi connectivity index (χ1v) is 6.80. The molecule has 1 aliphatic rings. The highest BCUT2D eigenvalue weighted by Gasteiger charge is 2.38. The van der Waals surface area contributed by atoms with Crippen LogP contribution in [0.4, 0.5) is 0 Å². The van der Waals surface area contributed by atoms with Gasteiger partial charge in [0.15, 0.2) is 0 Å². The lowest BCUT2D eigenvalue weighted by Gasteiger charge is -2.37. The molecule has 0 saturated carbocycles. The second-order valence-electron chi connectivity index (χ2n) is 5.27. The van der Waals surface area contributed by atoms with Crippen LogP contribution < -0.4 is 10.5 Å². The molecule has 0 amide bonds. The Morgan fingerprint density at radius 3 is 2.35 bits per heavy atom. The topological polar surface area (TPSA) is 64.8 Å². The predicted molar refractivity (Wildman–Crippen MR) is 76.4 cm³/mol. The fraction of sp³-hybridized carbons (Fsp3) is 0.533. The molecule has 0 atom stereocenters. The van der Waals surface area contributed by atoms with Gasteiger partial charge >= 0.3 is 5.97 Å². The second kappa shape index (κ2) is 6.24. The van der Waals surface area contributed by atoms with Crippen molar-refractivity contribution in [1.82, 2.24) is 4.90 Å². The van der Waals surface area contributed by atoms with Gasteiger partial charge in [-0.25, -0.2) is 0 Å². The average molecular weight is 278 g/mol. The number of rotatable bonds is 4. The minimum atomic E-state index is -0.814. The van der Waals surface area contributed by atoms with Gasteiger partial charge in [-0.1, -0.05) is 12.1 Å². The lowest BCUT2D eigenvalue weighted by molar-refractivity contribution is -0.149. The van der Waals surface area contributed by atoms with Crippen LogP contribution >= 0.6 is 0 Å². The number of carbonyl (C=O) groups excluding carboxylic acids is 1. The van der Waals surface area contributed by atoms with E-state index in [2.05, 4.69) is 17.0 Å². The van der Waals surface area contributed by atoms with Gasteiger partial charge in [-0.3, -0.25) is 9.69 Å². The molecular weight excluding hydrogens is 256 g/mol. The van der Waals surface area contributed by atoms with E-state index in [1.165, 1.54) is 12.7 Å². The molecule has 5 nitrogen and oxygen atoms in total. The SMILES string of the molecule is COC(=O)C1(N)CCN(Cc2ccc(OC)cc2)CC1. The Labute approximate surface area is 119 Å². The fourth-order valence-corrected chi connectivity index (χ4v) is 2.51. The van der Waals surface area contributed by atoms with E-state index in [0.29, 0.717) is 12.8 Å². The number of esters is 1. The molecule has 1 aromatic carbocycles. The zero-order valence-electron chi connectivity index (χ0n) is 12.1.